The maximum atomic E-state index is 13.3. The van der Waals surface area contributed by atoms with Gasteiger partial charge >= 0.3 is 0 Å². The molecule has 4 heteroatoms. The summed E-state index contributed by atoms with van der Waals surface area (Å²) in [5.41, 5.74) is 1.01. The molecule has 0 spiro atoms. The monoisotopic (exact) mass is 247 g/mol. The molecule has 0 saturated heterocycles. The van der Waals surface area contributed by atoms with E-state index in [4.69, 9.17) is 16.9 Å². The van der Waals surface area contributed by atoms with Crippen LogP contribution in [0.3, 0.4) is 0 Å². The molecule has 17 heavy (non-hydrogen) atoms. The van der Waals surface area contributed by atoms with E-state index in [0.717, 1.165) is 6.07 Å². The average molecular weight is 248 g/mol. The number of nitriles is 1. The zero-order valence-electron chi connectivity index (χ0n) is 8.61. The smallest absolute Gasteiger partial charge is 0.125 e. The van der Waals surface area contributed by atoms with Crippen LogP contribution in [0.2, 0.25) is 5.02 Å². The molecule has 2 aromatic carbocycles. The summed E-state index contributed by atoms with van der Waals surface area (Å²) in [5.74, 6) is -0.540. The molecule has 0 aliphatic carbocycles. The van der Waals surface area contributed by atoms with Crippen molar-refractivity contribution in [3.05, 3.63) is 52.8 Å². The van der Waals surface area contributed by atoms with Gasteiger partial charge in [-0.05, 0) is 42.0 Å². The van der Waals surface area contributed by atoms with Crippen LogP contribution in [0.25, 0.3) is 11.1 Å². The van der Waals surface area contributed by atoms with Gasteiger partial charge in [0.1, 0.15) is 11.6 Å². The van der Waals surface area contributed by atoms with E-state index in [1.54, 1.807) is 0 Å². The number of rotatable bonds is 1. The third-order valence-corrected chi connectivity index (χ3v) is 2.53. The van der Waals surface area contributed by atoms with Crippen molar-refractivity contribution in [2.45, 2.75) is 0 Å². The Morgan fingerprint density at radius 1 is 1.18 bits per heavy atom. The second kappa shape index (κ2) is 4.44. The minimum absolute atomic E-state index is 0.0103. The largest absolute Gasteiger partial charge is 0.507 e. The molecule has 0 amide bonds. The van der Waals surface area contributed by atoms with Crippen molar-refractivity contribution in [2.24, 2.45) is 0 Å². The summed E-state index contributed by atoms with van der Waals surface area (Å²) in [5, 5.41) is 18.9. The van der Waals surface area contributed by atoms with Gasteiger partial charge in [0.15, 0.2) is 0 Å². The molecular formula is C13H7ClFNO. The van der Waals surface area contributed by atoms with E-state index in [9.17, 15) is 9.50 Å². The van der Waals surface area contributed by atoms with Crippen LogP contribution in [0, 0.1) is 17.1 Å². The van der Waals surface area contributed by atoms with E-state index in [0.29, 0.717) is 16.1 Å². The van der Waals surface area contributed by atoms with E-state index < -0.39 is 5.82 Å². The molecule has 2 aromatic rings. The summed E-state index contributed by atoms with van der Waals surface area (Å²) < 4.78 is 13.3. The Bertz CT molecular complexity index is 619. The van der Waals surface area contributed by atoms with Crippen LogP contribution in [0.15, 0.2) is 36.4 Å². The molecule has 0 heterocycles. The van der Waals surface area contributed by atoms with Crippen molar-refractivity contribution in [1.29, 1.82) is 5.26 Å². The summed E-state index contributed by atoms with van der Waals surface area (Å²) in [6.45, 7) is 0. The Labute approximate surface area is 103 Å². The Morgan fingerprint density at radius 2 is 1.94 bits per heavy atom. The highest BCUT2D eigenvalue weighted by atomic mass is 35.5. The molecule has 84 valence electrons. The summed E-state index contributed by atoms with van der Waals surface area (Å²) in [7, 11) is 0. The van der Waals surface area contributed by atoms with Crippen LogP contribution in [-0.4, -0.2) is 5.11 Å². The number of phenolic OH excluding ortho intramolecular Hbond substituents is 1. The normalized spacial score (nSPS) is 9.94. The molecule has 0 unspecified atom stereocenters. The highest BCUT2D eigenvalue weighted by molar-refractivity contribution is 6.31. The zero-order chi connectivity index (χ0) is 12.4. The van der Waals surface area contributed by atoms with Crippen molar-refractivity contribution in [1.82, 2.24) is 0 Å². The predicted octanol–water partition coefficient (Wildman–Crippen LogP) is 3.72. The zero-order valence-corrected chi connectivity index (χ0v) is 9.37. The second-order valence-electron chi connectivity index (χ2n) is 3.50. The fraction of sp³-hybridized carbons (Fsp3) is 0. The Morgan fingerprint density at radius 3 is 2.65 bits per heavy atom. The maximum Gasteiger partial charge on any atom is 0.125 e. The Balaban J connectivity index is 2.64. The number of halogens is 2. The first-order valence-corrected chi connectivity index (χ1v) is 5.17. The summed E-state index contributed by atoms with van der Waals surface area (Å²) in [6, 6.07) is 10.2. The molecule has 2 nitrogen and oxygen atoms in total. The maximum absolute atomic E-state index is 13.3. The minimum atomic E-state index is -0.529. The van der Waals surface area contributed by atoms with Gasteiger partial charge in [-0.3, -0.25) is 0 Å². The highest BCUT2D eigenvalue weighted by Gasteiger charge is 2.08. The van der Waals surface area contributed by atoms with Gasteiger partial charge in [-0.1, -0.05) is 11.6 Å². The number of aromatic hydroxyl groups is 1. The van der Waals surface area contributed by atoms with Crippen molar-refractivity contribution >= 4 is 11.6 Å². The third kappa shape index (κ3) is 2.38. The number of benzene rings is 2. The molecule has 0 aliphatic rings. The van der Waals surface area contributed by atoms with Crippen molar-refractivity contribution < 1.29 is 9.50 Å². The van der Waals surface area contributed by atoms with Crippen LogP contribution >= 0.6 is 11.6 Å². The summed E-state index contributed by atoms with van der Waals surface area (Å²) in [6.07, 6.45) is 0. The van der Waals surface area contributed by atoms with E-state index in [2.05, 4.69) is 0 Å². The molecule has 2 rings (SSSR count). The molecule has 0 aromatic heterocycles. The van der Waals surface area contributed by atoms with Crippen LogP contribution < -0.4 is 0 Å². The van der Waals surface area contributed by atoms with Gasteiger partial charge in [0.05, 0.1) is 11.6 Å². The van der Waals surface area contributed by atoms with Crippen LogP contribution in [-0.2, 0) is 0 Å². The summed E-state index contributed by atoms with van der Waals surface area (Å²) >= 11 is 5.81. The van der Waals surface area contributed by atoms with E-state index >= 15 is 0 Å². The van der Waals surface area contributed by atoms with Gasteiger partial charge in [-0.2, -0.15) is 5.26 Å². The lowest BCUT2D eigenvalue weighted by atomic mass is 10.0. The number of nitrogens with zero attached hydrogens (tertiary/aromatic N) is 1. The summed E-state index contributed by atoms with van der Waals surface area (Å²) in [4.78, 5) is 0. The van der Waals surface area contributed by atoms with E-state index in [1.165, 1.54) is 30.3 Å². The number of hydrogen-bond acceptors (Lipinski definition) is 2. The molecule has 0 atom stereocenters. The van der Waals surface area contributed by atoms with E-state index in [-0.39, 0.29) is 11.3 Å². The standard InChI is InChI=1S/C13H7ClFNO/c14-10-1-2-13(17)12(6-10)9-3-8(7-16)4-11(15)5-9/h1-6,17H. The number of phenols is 1. The quantitative estimate of drug-likeness (QED) is 0.835. The molecule has 0 aliphatic heterocycles. The van der Waals surface area contributed by atoms with Crippen molar-refractivity contribution in [3.8, 4) is 22.9 Å². The first-order chi connectivity index (χ1) is 8.10. The fourth-order valence-corrected chi connectivity index (χ4v) is 1.72. The van der Waals surface area contributed by atoms with Crippen molar-refractivity contribution in [3.63, 3.8) is 0 Å². The topological polar surface area (TPSA) is 44.0 Å². The molecule has 0 bridgehead atoms. The molecule has 0 fully saturated rings. The lowest BCUT2D eigenvalue weighted by molar-refractivity contribution is 0.477. The minimum Gasteiger partial charge on any atom is -0.507 e. The second-order valence-corrected chi connectivity index (χ2v) is 3.94. The third-order valence-electron chi connectivity index (χ3n) is 2.30. The van der Waals surface area contributed by atoms with Gasteiger partial charge in [-0.25, -0.2) is 4.39 Å². The molecular weight excluding hydrogens is 241 g/mol. The average Bonchev–Trinajstić information content (AvgIpc) is 2.31. The van der Waals surface area contributed by atoms with Crippen LogP contribution in [0.1, 0.15) is 5.56 Å². The van der Waals surface area contributed by atoms with Crippen LogP contribution in [0.4, 0.5) is 4.39 Å². The molecule has 0 saturated carbocycles. The first kappa shape index (κ1) is 11.4. The first-order valence-electron chi connectivity index (χ1n) is 4.80. The van der Waals surface area contributed by atoms with Crippen molar-refractivity contribution in [2.75, 3.05) is 0 Å². The van der Waals surface area contributed by atoms with Gasteiger partial charge < -0.3 is 5.11 Å². The van der Waals surface area contributed by atoms with Gasteiger partial charge in [0.2, 0.25) is 0 Å². The van der Waals surface area contributed by atoms with Gasteiger partial charge in [0, 0.05) is 10.6 Å². The lowest BCUT2D eigenvalue weighted by Crippen LogP contribution is -1.85. The lowest BCUT2D eigenvalue weighted by Gasteiger charge is -2.06. The van der Waals surface area contributed by atoms with E-state index in [1.807, 2.05) is 6.07 Å². The Kier molecular flexibility index (Phi) is 2.99. The highest BCUT2D eigenvalue weighted by Crippen LogP contribution is 2.32. The van der Waals surface area contributed by atoms with Crippen LogP contribution in [0.5, 0.6) is 5.75 Å². The van der Waals surface area contributed by atoms with Gasteiger partial charge in [-0.15, -0.1) is 0 Å². The fourth-order valence-electron chi connectivity index (χ4n) is 1.55. The molecule has 1 N–H and O–H groups in total. The SMILES string of the molecule is N#Cc1cc(F)cc(-c2cc(Cl)ccc2O)c1. The molecule has 0 radical (unpaired) electrons. The predicted molar refractivity (Wildman–Crippen MR) is 63.2 cm³/mol. The van der Waals surface area contributed by atoms with Gasteiger partial charge in [0.25, 0.3) is 0 Å². The Hall–Kier alpha value is -2.05. The number of hydrogen-bond donors (Lipinski definition) is 1.